The van der Waals surface area contributed by atoms with Crippen molar-refractivity contribution >= 4 is 23.6 Å². The van der Waals surface area contributed by atoms with Crippen LogP contribution in [0.4, 0.5) is 10.5 Å². The molecule has 0 saturated carbocycles. The third-order valence-corrected chi connectivity index (χ3v) is 2.99. The average Bonchev–Trinajstić information content (AvgIpc) is 2.25. The molecule has 1 amide bonds. The number of amides is 1. The zero-order chi connectivity index (χ0) is 13.2. The van der Waals surface area contributed by atoms with Crippen LogP contribution >= 0.6 is 12.6 Å². The highest BCUT2D eigenvalue weighted by atomic mass is 32.1. The predicted octanol–water partition coefficient (Wildman–Crippen LogP) is 3.48. The number of thiol groups is 1. The monoisotopic (exact) mass is 253 g/mol. The molecule has 94 valence electrons. The maximum Gasteiger partial charge on any atom is 0.282 e. The van der Waals surface area contributed by atoms with Crippen LogP contribution in [-0.2, 0) is 5.41 Å². The average molecular weight is 253 g/mol. The van der Waals surface area contributed by atoms with Crippen LogP contribution in [0.5, 0.6) is 5.75 Å². The van der Waals surface area contributed by atoms with Crippen molar-refractivity contribution in [2.75, 3.05) is 19.1 Å². The van der Waals surface area contributed by atoms with Gasteiger partial charge in [-0.2, -0.15) is 0 Å². The second-order valence-electron chi connectivity index (χ2n) is 4.98. The number of methoxy groups -OCH3 is 1. The van der Waals surface area contributed by atoms with E-state index in [1.807, 2.05) is 18.2 Å². The van der Waals surface area contributed by atoms with E-state index >= 15 is 0 Å². The Morgan fingerprint density at radius 2 is 1.94 bits per heavy atom. The lowest BCUT2D eigenvalue weighted by atomic mass is 9.86. The van der Waals surface area contributed by atoms with Gasteiger partial charge >= 0.3 is 0 Å². The first kappa shape index (κ1) is 13.9. The summed E-state index contributed by atoms with van der Waals surface area (Å²) in [7, 11) is 3.27. The molecule has 0 saturated heterocycles. The Bertz CT molecular complexity index is 424. The fourth-order valence-electron chi connectivity index (χ4n) is 1.52. The molecule has 1 aromatic rings. The van der Waals surface area contributed by atoms with Gasteiger partial charge in [0.05, 0.1) is 12.8 Å². The highest BCUT2D eigenvalue weighted by Gasteiger charge is 2.18. The summed E-state index contributed by atoms with van der Waals surface area (Å²) in [4.78, 5) is 12.8. The van der Waals surface area contributed by atoms with E-state index in [9.17, 15) is 4.79 Å². The lowest BCUT2D eigenvalue weighted by molar-refractivity contribution is 0.266. The molecule has 0 aliphatic rings. The van der Waals surface area contributed by atoms with Gasteiger partial charge in [0.15, 0.2) is 0 Å². The van der Waals surface area contributed by atoms with Crippen LogP contribution in [0.2, 0.25) is 0 Å². The molecule has 17 heavy (non-hydrogen) atoms. The van der Waals surface area contributed by atoms with Gasteiger partial charge in [-0.1, -0.05) is 39.5 Å². The zero-order valence-corrected chi connectivity index (χ0v) is 11.8. The zero-order valence-electron chi connectivity index (χ0n) is 10.9. The van der Waals surface area contributed by atoms with Gasteiger partial charge < -0.3 is 9.64 Å². The quantitative estimate of drug-likeness (QED) is 0.818. The molecule has 0 unspecified atom stereocenters. The Labute approximate surface area is 108 Å². The van der Waals surface area contributed by atoms with Crippen molar-refractivity contribution in [1.29, 1.82) is 0 Å². The topological polar surface area (TPSA) is 29.5 Å². The van der Waals surface area contributed by atoms with E-state index in [1.165, 1.54) is 4.90 Å². The van der Waals surface area contributed by atoms with Crippen LogP contribution in [0, 0.1) is 0 Å². The van der Waals surface area contributed by atoms with Gasteiger partial charge in [-0.25, -0.2) is 0 Å². The van der Waals surface area contributed by atoms with Crippen molar-refractivity contribution in [1.82, 2.24) is 0 Å². The maximum absolute atomic E-state index is 11.3. The molecule has 0 atom stereocenters. The number of nitrogens with zero attached hydrogens (tertiary/aromatic N) is 1. The van der Waals surface area contributed by atoms with Crippen LogP contribution in [-0.4, -0.2) is 19.4 Å². The van der Waals surface area contributed by atoms with E-state index in [-0.39, 0.29) is 10.7 Å². The van der Waals surface area contributed by atoms with Crippen LogP contribution in [0.1, 0.15) is 26.3 Å². The molecule has 0 N–H and O–H groups in total. The molecule has 4 heteroatoms. The second kappa shape index (κ2) is 5.00. The number of hydrogen-bond acceptors (Lipinski definition) is 2. The first-order valence-corrected chi connectivity index (χ1v) is 5.87. The van der Waals surface area contributed by atoms with Gasteiger partial charge in [-0.3, -0.25) is 4.79 Å². The summed E-state index contributed by atoms with van der Waals surface area (Å²) in [5, 5.41) is -0.311. The van der Waals surface area contributed by atoms with E-state index in [1.54, 1.807) is 14.2 Å². The molecule has 0 bridgehead atoms. The number of rotatable bonds is 2. The number of benzene rings is 1. The van der Waals surface area contributed by atoms with Crippen LogP contribution in [0.15, 0.2) is 18.2 Å². The standard InChI is InChI=1S/C13H19NO2S/c1-13(2,3)9-6-7-11(16-5)10(8-9)14(4)12(15)17/h6-8H,1-5H3,(H,15,17). The molecule has 0 radical (unpaired) electrons. The molecule has 0 heterocycles. The Morgan fingerprint density at radius 3 is 2.35 bits per heavy atom. The van der Waals surface area contributed by atoms with Crippen molar-refractivity contribution in [3.8, 4) is 5.75 Å². The number of anilines is 1. The van der Waals surface area contributed by atoms with E-state index in [0.717, 1.165) is 11.3 Å². The lowest BCUT2D eigenvalue weighted by Gasteiger charge is -2.24. The minimum absolute atomic E-state index is 0.0293. The summed E-state index contributed by atoms with van der Waals surface area (Å²) < 4.78 is 5.26. The van der Waals surface area contributed by atoms with Crippen molar-refractivity contribution in [2.24, 2.45) is 0 Å². The summed E-state index contributed by atoms with van der Waals surface area (Å²) >= 11 is 3.83. The first-order valence-electron chi connectivity index (χ1n) is 5.42. The molecule has 0 fully saturated rings. The van der Waals surface area contributed by atoms with Crippen molar-refractivity contribution in [2.45, 2.75) is 26.2 Å². The lowest BCUT2D eigenvalue weighted by Crippen LogP contribution is -2.21. The first-order chi connectivity index (χ1) is 7.77. The summed E-state index contributed by atoms with van der Waals surface area (Å²) in [6.45, 7) is 6.38. The molecule has 0 aliphatic heterocycles. The van der Waals surface area contributed by atoms with Crippen LogP contribution < -0.4 is 9.64 Å². The maximum atomic E-state index is 11.3. The number of hydrogen-bond donors (Lipinski definition) is 1. The largest absolute Gasteiger partial charge is 0.495 e. The summed E-state index contributed by atoms with van der Waals surface area (Å²) in [5.41, 5.74) is 1.91. The number of ether oxygens (including phenoxy) is 1. The van der Waals surface area contributed by atoms with Gasteiger partial charge in [0, 0.05) is 7.05 Å². The molecule has 0 aromatic heterocycles. The Balaban J connectivity index is 3.29. The molecule has 3 nitrogen and oxygen atoms in total. The van der Waals surface area contributed by atoms with E-state index < -0.39 is 0 Å². The highest BCUT2D eigenvalue weighted by molar-refractivity contribution is 7.96. The summed E-state index contributed by atoms with van der Waals surface area (Å²) in [6, 6.07) is 5.86. The summed E-state index contributed by atoms with van der Waals surface area (Å²) in [6.07, 6.45) is 0. The Morgan fingerprint density at radius 1 is 1.35 bits per heavy atom. The van der Waals surface area contributed by atoms with E-state index in [0.29, 0.717) is 5.75 Å². The molecule has 1 aromatic carbocycles. The van der Waals surface area contributed by atoms with E-state index in [4.69, 9.17) is 4.74 Å². The third-order valence-electron chi connectivity index (χ3n) is 2.69. The second-order valence-corrected chi connectivity index (χ2v) is 5.36. The number of carbonyl (C=O) groups excluding carboxylic acids is 1. The molecule has 1 rings (SSSR count). The SMILES string of the molecule is COc1ccc(C(C)(C)C)cc1N(C)C(=O)S. The van der Waals surface area contributed by atoms with Crippen molar-refractivity contribution in [3.63, 3.8) is 0 Å². The minimum atomic E-state index is -0.311. The minimum Gasteiger partial charge on any atom is -0.495 e. The van der Waals surface area contributed by atoms with Crippen LogP contribution in [0.25, 0.3) is 0 Å². The number of carbonyl (C=O) groups is 1. The van der Waals surface area contributed by atoms with Gasteiger partial charge in [-0.15, -0.1) is 0 Å². The predicted molar refractivity (Wildman–Crippen MR) is 74.5 cm³/mol. The van der Waals surface area contributed by atoms with Gasteiger partial charge in [-0.05, 0) is 23.1 Å². The fourth-order valence-corrected chi connectivity index (χ4v) is 1.63. The normalized spacial score (nSPS) is 11.2. The highest BCUT2D eigenvalue weighted by Crippen LogP contribution is 2.33. The smallest absolute Gasteiger partial charge is 0.282 e. The molecular weight excluding hydrogens is 234 g/mol. The Hall–Kier alpha value is -1.16. The molecular formula is C13H19NO2S. The molecule has 0 aliphatic carbocycles. The summed E-state index contributed by atoms with van der Waals surface area (Å²) in [5.74, 6) is 0.669. The van der Waals surface area contributed by atoms with Crippen molar-refractivity contribution < 1.29 is 9.53 Å². The third kappa shape index (κ3) is 3.16. The fraction of sp³-hybridized carbons (Fsp3) is 0.462. The molecule has 0 spiro atoms. The van der Waals surface area contributed by atoms with Crippen molar-refractivity contribution in [3.05, 3.63) is 23.8 Å². The Kier molecular flexibility index (Phi) is 4.09. The van der Waals surface area contributed by atoms with Gasteiger partial charge in [0.1, 0.15) is 5.75 Å². The van der Waals surface area contributed by atoms with Gasteiger partial charge in [0.25, 0.3) is 5.24 Å². The van der Waals surface area contributed by atoms with Gasteiger partial charge in [0.2, 0.25) is 0 Å². The van der Waals surface area contributed by atoms with E-state index in [2.05, 4.69) is 33.4 Å². The van der Waals surface area contributed by atoms with Crippen LogP contribution in [0.3, 0.4) is 0 Å².